The predicted octanol–water partition coefficient (Wildman–Crippen LogP) is 2.81. The third-order valence-electron chi connectivity index (χ3n) is 6.59. The van der Waals surface area contributed by atoms with Crippen LogP contribution in [0.4, 0.5) is 5.69 Å². The number of carbonyl (C=O) groups is 2. The molecule has 6 heteroatoms. The number of benzene rings is 1. The molecule has 2 amide bonds. The molecule has 3 heterocycles. The number of hydrogen-bond acceptors (Lipinski definition) is 5. The van der Waals surface area contributed by atoms with Crippen molar-refractivity contribution >= 4 is 23.2 Å². The first kappa shape index (κ1) is 16.9. The Kier molecular flexibility index (Phi) is 3.39. The highest BCUT2D eigenvalue weighted by atomic mass is 16.2. The molecule has 1 aliphatic carbocycles. The Morgan fingerprint density at radius 2 is 1.81 bits per heavy atom. The number of imide groups is 1. The van der Waals surface area contributed by atoms with Gasteiger partial charge in [-0.2, -0.15) is 15.2 Å². The van der Waals surface area contributed by atoms with Crippen LogP contribution in [-0.2, 0) is 9.59 Å². The Labute approximate surface area is 159 Å². The summed E-state index contributed by atoms with van der Waals surface area (Å²) < 4.78 is 0. The normalized spacial score (nSPS) is 33.2. The topological polar surface area (TPSA) is 56.2 Å². The zero-order valence-corrected chi connectivity index (χ0v) is 16.2. The van der Waals surface area contributed by atoms with Crippen LogP contribution >= 0.6 is 0 Å². The lowest BCUT2D eigenvalue weighted by atomic mass is 9.70. The molecule has 3 atom stereocenters. The van der Waals surface area contributed by atoms with Crippen LogP contribution in [0.3, 0.4) is 0 Å². The summed E-state index contributed by atoms with van der Waals surface area (Å²) in [5.74, 6) is -0.604. The molecule has 142 valence electrons. The quantitative estimate of drug-likeness (QED) is 0.717. The summed E-state index contributed by atoms with van der Waals surface area (Å²) in [6.45, 7) is 6.39. The largest absolute Gasteiger partial charge is 0.277 e. The number of fused-ring (bicyclic) bond motifs is 1. The molecule has 5 rings (SSSR count). The summed E-state index contributed by atoms with van der Waals surface area (Å²) in [4.78, 5) is 28.2. The van der Waals surface area contributed by atoms with Gasteiger partial charge in [-0.15, -0.1) is 0 Å². The molecule has 0 aromatic heterocycles. The van der Waals surface area contributed by atoms with Crippen LogP contribution in [0.25, 0.3) is 0 Å². The van der Waals surface area contributed by atoms with Crippen molar-refractivity contribution < 1.29 is 9.59 Å². The highest BCUT2D eigenvalue weighted by Crippen LogP contribution is 2.55. The zero-order valence-electron chi connectivity index (χ0n) is 16.2. The van der Waals surface area contributed by atoms with E-state index in [2.05, 4.69) is 5.01 Å². The molecule has 0 N–H and O–H groups in total. The molecule has 3 fully saturated rings. The number of hydrogen-bond donors (Lipinski definition) is 0. The van der Waals surface area contributed by atoms with Crippen molar-refractivity contribution in [1.29, 1.82) is 0 Å². The van der Waals surface area contributed by atoms with E-state index in [1.165, 1.54) is 4.90 Å². The maximum absolute atomic E-state index is 13.5. The van der Waals surface area contributed by atoms with Gasteiger partial charge < -0.3 is 0 Å². The second-order valence-electron chi connectivity index (χ2n) is 9.15. The van der Waals surface area contributed by atoms with Crippen LogP contribution in [0.5, 0.6) is 0 Å². The summed E-state index contributed by atoms with van der Waals surface area (Å²) in [7, 11) is 0. The molecule has 27 heavy (non-hydrogen) atoms. The Morgan fingerprint density at radius 3 is 2.52 bits per heavy atom. The number of likely N-dealkylation sites (tertiary alicyclic amines) is 1. The SMILES string of the molecule is CC(C)(C)N1C(=O)[C@H]2CN3N(c4ccccc4)N=C4CCCC[C@]43[C@H]2C1=O. The number of carbonyl (C=O) groups excluding carboxylic acids is 2. The van der Waals surface area contributed by atoms with Gasteiger partial charge in [-0.1, -0.05) is 24.6 Å². The number of amides is 2. The first-order valence-electron chi connectivity index (χ1n) is 9.94. The lowest BCUT2D eigenvalue weighted by Crippen LogP contribution is -2.58. The van der Waals surface area contributed by atoms with Crippen LogP contribution < -0.4 is 5.12 Å². The predicted molar refractivity (Wildman–Crippen MR) is 103 cm³/mol. The first-order chi connectivity index (χ1) is 12.9. The molecule has 2 saturated heterocycles. The van der Waals surface area contributed by atoms with Gasteiger partial charge in [0.25, 0.3) is 0 Å². The van der Waals surface area contributed by atoms with E-state index in [4.69, 9.17) is 5.10 Å². The molecule has 4 aliphatic rings. The van der Waals surface area contributed by atoms with Crippen molar-refractivity contribution in [2.75, 3.05) is 11.7 Å². The number of rotatable bonds is 1. The third-order valence-corrected chi connectivity index (χ3v) is 6.59. The Balaban J connectivity index is 1.61. The summed E-state index contributed by atoms with van der Waals surface area (Å²) in [5.41, 5.74) is 1.17. The fourth-order valence-corrected chi connectivity index (χ4v) is 5.59. The van der Waals surface area contributed by atoms with Gasteiger partial charge in [0.15, 0.2) is 0 Å². The maximum Gasteiger partial charge on any atom is 0.235 e. The minimum Gasteiger partial charge on any atom is -0.277 e. The second kappa shape index (κ2) is 5.41. The number of para-hydroxylation sites is 1. The Morgan fingerprint density at radius 1 is 1.07 bits per heavy atom. The van der Waals surface area contributed by atoms with E-state index < -0.39 is 11.1 Å². The molecule has 0 radical (unpaired) electrons. The average molecular weight is 366 g/mol. The second-order valence-corrected chi connectivity index (χ2v) is 9.15. The molecule has 1 saturated carbocycles. The average Bonchev–Trinajstić information content (AvgIpc) is 3.20. The third kappa shape index (κ3) is 2.07. The maximum atomic E-state index is 13.5. The highest BCUT2D eigenvalue weighted by Gasteiger charge is 2.70. The van der Waals surface area contributed by atoms with E-state index in [9.17, 15) is 9.59 Å². The minimum absolute atomic E-state index is 0.00971. The van der Waals surface area contributed by atoms with Crippen LogP contribution in [0.15, 0.2) is 35.4 Å². The van der Waals surface area contributed by atoms with Crippen LogP contribution in [0.1, 0.15) is 46.5 Å². The standard InChI is InChI=1S/C21H26N4O2/c1-20(2,3)24-18(26)15-13-23-21(17(15)19(24)27)12-8-7-11-16(21)22-25(23)14-9-5-4-6-10-14/h4-6,9-10,15,17H,7-8,11-13H2,1-3H3/t15-,17+,21+/m0/s1. The number of nitrogens with zero attached hydrogens (tertiary/aromatic N) is 4. The van der Waals surface area contributed by atoms with Gasteiger partial charge in [0, 0.05) is 12.1 Å². The molecular weight excluding hydrogens is 340 g/mol. The lowest BCUT2D eigenvalue weighted by molar-refractivity contribution is -0.147. The fourth-order valence-electron chi connectivity index (χ4n) is 5.59. The van der Waals surface area contributed by atoms with Crippen molar-refractivity contribution in [3.63, 3.8) is 0 Å². The minimum atomic E-state index is -0.482. The fraction of sp³-hybridized carbons (Fsp3) is 0.571. The number of hydrazone groups is 1. The molecular formula is C21H26N4O2. The van der Waals surface area contributed by atoms with E-state index in [1.807, 2.05) is 56.2 Å². The smallest absolute Gasteiger partial charge is 0.235 e. The Bertz CT molecular complexity index is 843. The molecule has 3 aliphatic heterocycles. The molecule has 0 unspecified atom stereocenters. The van der Waals surface area contributed by atoms with E-state index in [1.54, 1.807) is 0 Å². The van der Waals surface area contributed by atoms with Crippen molar-refractivity contribution in [3.8, 4) is 0 Å². The molecule has 0 bridgehead atoms. The first-order valence-corrected chi connectivity index (χ1v) is 9.94. The van der Waals surface area contributed by atoms with Crippen molar-refractivity contribution in [3.05, 3.63) is 30.3 Å². The summed E-state index contributed by atoms with van der Waals surface area (Å²) in [5, 5.41) is 9.14. The van der Waals surface area contributed by atoms with Gasteiger partial charge in [-0.25, -0.2) is 0 Å². The van der Waals surface area contributed by atoms with E-state index >= 15 is 0 Å². The molecule has 1 aromatic carbocycles. The van der Waals surface area contributed by atoms with Crippen molar-refractivity contribution in [2.24, 2.45) is 16.9 Å². The van der Waals surface area contributed by atoms with Gasteiger partial charge in [0.1, 0.15) is 0 Å². The van der Waals surface area contributed by atoms with Crippen molar-refractivity contribution in [1.82, 2.24) is 9.91 Å². The number of hydrazine groups is 1. The molecule has 1 aromatic rings. The van der Waals surface area contributed by atoms with Gasteiger partial charge >= 0.3 is 0 Å². The summed E-state index contributed by atoms with van der Waals surface area (Å²) in [6.07, 6.45) is 3.96. The molecule has 1 spiro atoms. The van der Waals surface area contributed by atoms with E-state index in [0.29, 0.717) is 6.54 Å². The van der Waals surface area contributed by atoms with E-state index in [0.717, 1.165) is 37.1 Å². The monoisotopic (exact) mass is 366 g/mol. The van der Waals surface area contributed by atoms with Gasteiger partial charge in [-0.05, 0) is 52.2 Å². The van der Waals surface area contributed by atoms with Gasteiger partial charge in [0.2, 0.25) is 11.8 Å². The zero-order chi connectivity index (χ0) is 19.0. The Hall–Kier alpha value is -2.21. The van der Waals surface area contributed by atoms with Gasteiger partial charge in [0.05, 0.1) is 28.8 Å². The highest BCUT2D eigenvalue weighted by molar-refractivity contribution is 6.12. The van der Waals surface area contributed by atoms with Crippen molar-refractivity contribution in [2.45, 2.75) is 57.5 Å². The summed E-state index contributed by atoms with van der Waals surface area (Å²) >= 11 is 0. The lowest BCUT2D eigenvalue weighted by Gasteiger charge is -2.42. The van der Waals surface area contributed by atoms with Crippen LogP contribution in [-0.4, -0.2) is 45.1 Å². The van der Waals surface area contributed by atoms with E-state index in [-0.39, 0.29) is 23.7 Å². The van der Waals surface area contributed by atoms with Crippen LogP contribution in [0, 0.1) is 11.8 Å². The molecule has 6 nitrogen and oxygen atoms in total. The summed E-state index contributed by atoms with van der Waals surface area (Å²) in [6, 6.07) is 10.1. The van der Waals surface area contributed by atoms with Crippen LogP contribution in [0.2, 0.25) is 0 Å². The number of anilines is 1. The van der Waals surface area contributed by atoms with Gasteiger partial charge in [-0.3, -0.25) is 14.5 Å².